The first-order valence-corrected chi connectivity index (χ1v) is 20.5. The number of fused-ring (bicyclic) bond motifs is 8. The predicted molar refractivity (Wildman–Crippen MR) is 232 cm³/mol. The average Bonchev–Trinajstić information content (AvgIpc) is 3.71. The SMILES string of the molecule is CC1(C)c2ccccc2C2=CC3=C(CC21)c1ccccc1CC3CCc1ccc(-c2cc(-n3c4c(c5ccccc53)C=CCC4)nc(-c3ccccc3)n2)cc1. The molecule has 7 aromatic rings. The van der Waals surface area contributed by atoms with Crippen molar-refractivity contribution in [3.63, 3.8) is 0 Å². The lowest BCUT2D eigenvalue weighted by Gasteiger charge is -2.38. The smallest absolute Gasteiger partial charge is 0.162 e. The van der Waals surface area contributed by atoms with E-state index in [-0.39, 0.29) is 5.41 Å². The van der Waals surface area contributed by atoms with E-state index < -0.39 is 0 Å². The largest absolute Gasteiger partial charge is 0.297 e. The standard InChI is InChI=1S/C53H45N3/c1-53(2)46-21-11-8-18-40(46)45-31-43-38(30-37-16-6-7-17-39(37)44(43)32-47(45)53)29-26-34-24-27-35(28-25-34)48-33-51(55-52(54-48)36-14-4-3-5-15-36)56-49-22-12-9-19-41(49)42-20-10-13-23-50(42)56/h3-12,14-22,24-25,27-28,31,33,38,47H,13,23,26,29-30,32H2,1-2H3. The topological polar surface area (TPSA) is 30.7 Å². The molecule has 2 atom stereocenters. The number of nitrogens with zero attached hydrogens (tertiary/aromatic N) is 3. The number of para-hydroxylation sites is 1. The zero-order valence-corrected chi connectivity index (χ0v) is 32.2. The van der Waals surface area contributed by atoms with Gasteiger partial charge in [0.25, 0.3) is 0 Å². The van der Waals surface area contributed by atoms with Crippen LogP contribution in [0.3, 0.4) is 0 Å². The zero-order valence-electron chi connectivity index (χ0n) is 32.2. The van der Waals surface area contributed by atoms with E-state index >= 15 is 0 Å². The summed E-state index contributed by atoms with van der Waals surface area (Å²) >= 11 is 0. The van der Waals surface area contributed by atoms with Gasteiger partial charge < -0.3 is 0 Å². The monoisotopic (exact) mass is 723 g/mol. The van der Waals surface area contributed by atoms with E-state index in [1.54, 1.807) is 16.7 Å². The van der Waals surface area contributed by atoms with Gasteiger partial charge in [0.1, 0.15) is 5.82 Å². The molecule has 3 nitrogen and oxygen atoms in total. The Kier molecular flexibility index (Phi) is 7.74. The maximum Gasteiger partial charge on any atom is 0.162 e. The summed E-state index contributed by atoms with van der Waals surface area (Å²) in [7, 11) is 0. The first-order valence-electron chi connectivity index (χ1n) is 20.5. The Morgan fingerprint density at radius 3 is 2.38 bits per heavy atom. The Bertz CT molecular complexity index is 2770. The molecular weight excluding hydrogens is 679 g/mol. The summed E-state index contributed by atoms with van der Waals surface area (Å²) in [5, 5.41) is 1.27. The molecule has 0 amide bonds. The highest BCUT2D eigenvalue weighted by Gasteiger charge is 2.46. The van der Waals surface area contributed by atoms with Crippen LogP contribution in [0.25, 0.3) is 56.6 Å². The van der Waals surface area contributed by atoms with Crippen molar-refractivity contribution in [3.8, 4) is 28.5 Å². The summed E-state index contributed by atoms with van der Waals surface area (Å²) in [6.45, 7) is 4.91. The van der Waals surface area contributed by atoms with Crippen molar-refractivity contribution in [2.75, 3.05) is 0 Å². The average molecular weight is 724 g/mol. The summed E-state index contributed by atoms with van der Waals surface area (Å²) in [4.78, 5) is 10.4. The normalized spacial score (nSPS) is 18.9. The van der Waals surface area contributed by atoms with Gasteiger partial charge in [-0.3, -0.25) is 4.57 Å². The third-order valence-electron chi connectivity index (χ3n) is 13.3. The van der Waals surface area contributed by atoms with Crippen molar-refractivity contribution in [1.29, 1.82) is 0 Å². The van der Waals surface area contributed by atoms with Gasteiger partial charge in [-0.2, -0.15) is 0 Å². The molecule has 2 heterocycles. The predicted octanol–water partition coefficient (Wildman–Crippen LogP) is 12.7. The summed E-state index contributed by atoms with van der Waals surface area (Å²) in [5.41, 5.74) is 19.1. The summed E-state index contributed by atoms with van der Waals surface area (Å²) in [5.74, 6) is 2.68. The van der Waals surface area contributed by atoms with Crippen LogP contribution in [0.15, 0.2) is 151 Å². The van der Waals surface area contributed by atoms with Crippen LogP contribution in [0.4, 0.5) is 0 Å². The first-order chi connectivity index (χ1) is 27.5. The fourth-order valence-electron chi connectivity index (χ4n) is 10.5. The maximum absolute atomic E-state index is 5.24. The number of benzene rings is 5. The van der Waals surface area contributed by atoms with E-state index in [9.17, 15) is 0 Å². The molecule has 0 radical (unpaired) electrons. The van der Waals surface area contributed by atoms with Crippen molar-refractivity contribution in [1.82, 2.24) is 14.5 Å². The van der Waals surface area contributed by atoms with Crippen LogP contribution in [-0.2, 0) is 24.7 Å². The van der Waals surface area contributed by atoms with Gasteiger partial charge in [0.2, 0.25) is 0 Å². The quantitative estimate of drug-likeness (QED) is 0.171. The molecule has 0 saturated heterocycles. The molecule has 2 unspecified atom stereocenters. The number of aryl methyl sites for hydroxylation is 1. The lowest BCUT2D eigenvalue weighted by Crippen LogP contribution is -2.28. The van der Waals surface area contributed by atoms with Crippen LogP contribution in [-0.4, -0.2) is 14.5 Å². The molecule has 0 aliphatic heterocycles. The fraction of sp³-hybridized carbons (Fsp3) is 0.208. The maximum atomic E-state index is 5.24. The number of rotatable bonds is 6. The van der Waals surface area contributed by atoms with Crippen molar-refractivity contribution in [2.45, 2.75) is 57.8 Å². The minimum Gasteiger partial charge on any atom is -0.297 e. The third kappa shape index (κ3) is 5.32. The molecule has 5 aromatic carbocycles. The highest BCUT2D eigenvalue weighted by Crippen LogP contribution is 2.58. The Hall–Kier alpha value is -6.06. The van der Waals surface area contributed by atoms with E-state index in [1.807, 2.05) is 0 Å². The van der Waals surface area contributed by atoms with E-state index in [0.717, 1.165) is 67.0 Å². The van der Waals surface area contributed by atoms with E-state index in [2.05, 4.69) is 170 Å². The molecule has 4 aliphatic carbocycles. The van der Waals surface area contributed by atoms with Gasteiger partial charge in [-0.05, 0) is 106 Å². The molecule has 2 aromatic heterocycles. The van der Waals surface area contributed by atoms with Crippen molar-refractivity contribution in [3.05, 3.63) is 190 Å². The number of hydrogen-bond acceptors (Lipinski definition) is 2. The van der Waals surface area contributed by atoms with E-state index in [1.165, 1.54) is 50.0 Å². The lowest BCUT2D eigenvalue weighted by atomic mass is 9.66. The fourth-order valence-corrected chi connectivity index (χ4v) is 10.5. The number of allylic oxidation sites excluding steroid dienone is 5. The Labute approximate surface area is 329 Å². The molecule has 0 saturated carbocycles. The van der Waals surface area contributed by atoms with Crippen LogP contribution in [0, 0.1) is 11.8 Å². The molecule has 0 N–H and O–H groups in total. The second-order valence-corrected chi connectivity index (χ2v) is 16.8. The molecule has 0 bridgehead atoms. The van der Waals surface area contributed by atoms with Crippen LogP contribution < -0.4 is 0 Å². The third-order valence-corrected chi connectivity index (χ3v) is 13.3. The Morgan fingerprint density at radius 1 is 0.732 bits per heavy atom. The van der Waals surface area contributed by atoms with Crippen LogP contribution in [0.5, 0.6) is 0 Å². The molecule has 272 valence electrons. The van der Waals surface area contributed by atoms with Gasteiger partial charge in [0.05, 0.1) is 11.2 Å². The first kappa shape index (κ1) is 33.3. The van der Waals surface area contributed by atoms with Crippen LogP contribution in [0.1, 0.15) is 72.2 Å². The second kappa shape index (κ2) is 13.0. The zero-order chi connectivity index (χ0) is 37.4. The Morgan fingerprint density at radius 2 is 1.50 bits per heavy atom. The summed E-state index contributed by atoms with van der Waals surface area (Å²) < 4.78 is 2.37. The van der Waals surface area contributed by atoms with Gasteiger partial charge in [0, 0.05) is 33.8 Å². The van der Waals surface area contributed by atoms with Crippen LogP contribution >= 0.6 is 0 Å². The molecule has 0 spiro atoms. The molecule has 3 heteroatoms. The van der Waals surface area contributed by atoms with Gasteiger partial charge in [-0.1, -0.05) is 153 Å². The highest BCUT2D eigenvalue weighted by atomic mass is 15.1. The molecule has 11 rings (SSSR count). The Balaban J connectivity index is 0.926. The molecule has 4 aliphatic rings. The minimum absolute atomic E-state index is 0.128. The molecular formula is C53H45N3. The van der Waals surface area contributed by atoms with Gasteiger partial charge in [0.15, 0.2) is 5.82 Å². The highest BCUT2D eigenvalue weighted by molar-refractivity contribution is 5.93. The van der Waals surface area contributed by atoms with E-state index in [4.69, 9.17) is 9.97 Å². The van der Waals surface area contributed by atoms with Gasteiger partial charge >= 0.3 is 0 Å². The van der Waals surface area contributed by atoms with Crippen molar-refractivity contribution >= 4 is 28.1 Å². The molecule has 0 fully saturated rings. The second-order valence-electron chi connectivity index (χ2n) is 16.8. The lowest BCUT2D eigenvalue weighted by molar-refractivity contribution is 0.414. The van der Waals surface area contributed by atoms with Gasteiger partial charge in [-0.15, -0.1) is 0 Å². The van der Waals surface area contributed by atoms with Crippen molar-refractivity contribution < 1.29 is 0 Å². The van der Waals surface area contributed by atoms with Crippen molar-refractivity contribution in [2.24, 2.45) is 11.8 Å². The number of aromatic nitrogens is 3. The van der Waals surface area contributed by atoms with Crippen LogP contribution in [0.2, 0.25) is 0 Å². The molecule has 56 heavy (non-hydrogen) atoms. The summed E-state index contributed by atoms with van der Waals surface area (Å²) in [6.07, 6.45) is 13.6. The minimum atomic E-state index is 0.128. The van der Waals surface area contributed by atoms with Gasteiger partial charge in [-0.25, -0.2) is 9.97 Å². The number of hydrogen-bond donors (Lipinski definition) is 0. The summed E-state index contributed by atoms with van der Waals surface area (Å²) in [6, 6.07) is 48.9. The van der Waals surface area contributed by atoms with E-state index in [0.29, 0.717) is 11.8 Å².